The number of H-pyrrole nitrogens is 1. The number of hydrogen-bond donors (Lipinski definition) is 3. The van der Waals surface area contributed by atoms with Crippen molar-refractivity contribution in [2.45, 2.75) is 11.9 Å². The van der Waals surface area contributed by atoms with Gasteiger partial charge in [-0.15, -0.1) is 0 Å². The molecule has 2 aromatic rings. The molecular formula is C13H16N6O7S. The van der Waals surface area contributed by atoms with Crippen LogP contribution < -0.4 is 20.3 Å². The fraction of sp³-hybridized carbons (Fsp3) is 0.308. The van der Waals surface area contributed by atoms with Crippen LogP contribution >= 0.6 is 0 Å². The van der Waals surface area contributed by atoms with E-state index in [2.05, 4.69) is 15.1 Å². The minimum absolute atomic E-state index is 0.0238. The molecule has 13 nitrogen and oxygen atoms in total. The Morgan fingerprint density at radius 2 is 2.07 bits per heavy atom. The van der Waals surface area contributed by atoms with Crippen LogP contribution in [0.2, 0.25) is 0 Å². The third-order valence-corrected chi connectivity index (χ3v) is 4.47. The molecule has 0 aliphatic rings. The number of carbonyl (C=O) groups excluding carboxylic acids is 2. The first kappa shape index (κ1) is 19.9. The van der Waals surface area contributed by atoms with Crippen LogP contribution in [0, 0.1) is 0 Å². The SMILES string of the molecule is CCOC(=O)c1cnn(C)c1S(=O)(=O)NC(=O)Nc1nc(OC)cc(=O)[nH]1. The Kier molecular flexibility index (Phi) is 5.79. The quantitative estimate of drug-likeness (QED) is 0.524. The predicted molar refractivity (Wildman–Crippen MR) is 89.9 cm³/mol. The van der Waals surface area contributed by atoms with Crippen LogP contribution in [0.15, 0.2) is 22.1 Å². The summed E-state index contributed by atoms with van der Waals surface area (Å²) in [6, 6.07) is -0.205. The van der Waals surface area contributed by atoms with Gasteiger partial charge in [-0.25, -0.2) is 14.3 Å². The first-order valence-electron chi connectivity index (χ1n) is 7.36. The summed E-state index contributed by atoms with van der Waals surface area (Å²) in [6.45, 7) is 1.58. The number of aromatic amines is 1. The fourth-order valence-corrected chi connectivity index (χ4v) is 3.21. The van der Waals surface area contributed by atoms with E-state index in [0.717, 1.165) is 16.9 Å². The van der Waals surface area contributed by atoms with Crippen LogP contribution in [0.1, 0.15) is 17.3 Å². The topological polar surface area (TPSA) is 174 Å². The van der Waals surface area contributed by atoms with Gasteiger partial charge in [0.15, 0.2) is 5.03 Å². The van der Waals surface area contributed by atoms with E-state index < -0.39 is 32.6 Å². The van der Waals surface area contributed by atoms with Gasteiger partial charge in [0, 0.05) is 7.05 Å². The van der Waals surface area contributed by atoms with Gasteiger partial charge in [-0.2, -0.15) is 18.5 Å². The zero-order valence-electron chi connectivity index (χ0n) is 14.5. The Bertz CT molecular complexity index is 1030. The number of hydrogen-bond acceptors (Lipinski definition) is 9. The van der Waals surface area contributed by atoms with Crippen molar-refractivity contribution in [1.82, 2.24) is 24.5 Å². The van der Waals surface area contributed by atoms with Gasteiger partial charge < -0.3 is 9.47 Å². The lowest BCUT2D eigenvalue weighted by molar-refractivity contribution is 0.0521. The Morgan fingerprint density at radius 3 is 2.70 bits per heavy atom. The number of esters is 1. The second kappa shape index (κ2) is 7.86. The van der Waals surface area contributed by atoms with Crippen LogP contribution in [0.5, 0.6) is 5.88 Å². The van der Waals surface area contributed by atoms with Gasteiger partial charge in [-0.1, -0.05) is 0 Å². The molecule has 3 N–H and O–H groups in total. The molecular weight excluding hydrogens is 384 g/mol. The summed E-state index contributed by atoms with van der Waals surface area (Å²) in [5.74, 6) is -1.35. The monoisotopic (exact) mass is 400 g/mol. The van der Waals surface area contributed by atoms with Crippen molar-refractivity contribution < 1.29 is 27.5 Å². The predicted octanol–water partition coefficient (Wildman–Crippen LogP) is -0.801. The number of ether oxygens (including phenoxy) is 2. The summed E-state index contributed by atoms with van der Waals surface area (Å²) in [5, 5.41) is 5.18. The fourth-order valence-electron chi connectivity index (χ4n) is 2.00. The number of amides is 2. The van der Waals surface area contributed by atoms with Gasteiger partial charge >= 0.3 is 12.0 Å². The number of urea groups is 1. The van der Waals surface area contributed by atoms with Crippen molar-refractivity contribution in [2.75, 3.05) is 19.0 Å². The largest absolute Gasteiger partial charge is 0.481 e. The lowest BCUT2D eigenvalue weighted by Crippen LogP contribution is -2.37. The second-order valence-corrected chi connectivity index (χ2v) is 6.50. The zero-order valence-corrected chi connectivity index (χ0v) is 15.3. The van der Waals surface area contributed by atoms with Gasteiger partial charge in [-0.3, -0.25) is 19.8 Å². The van der Waals surface area contributed by atoms with E-state index in [9.17, 15) is 22.8 Å². The maximum Gasteiger partial charge on any atom is 0.342 e. The first-order chi connectivity index (χ1) is 12.7. The summed E-state index contributed by atoms with van der Waals surface area (Å²) in [5.41, 5.74) is -0.969. The number of rotatable bonds is 6. The summed E-state index contributed by atoms with van der Waals surface area (Å²) in [7, 11) is -1.97. The summed E-state index contributed by atoms with van der Waals surface area (Å²) in [6.07, 6.45) is 1.01. The van der Waals surface area contributed by atoms with Gasteiger partial charge in [-0.05, 0) is 6.92 Å². The Hall–Kier alpha value is -3.42. The lowest BCUT2D eigenvalue weighted by atomic mass is 10.4. The molecule has 0 fully saturated rings. The van der Waals surface area contributed by atoms with E-state index >= 15 is 0 Å². The minimum Gasteiger partial charge on any atom is -0.481 e. The molecule has 0 aliphatic heterocycles. The number of nitrogens with one attached hydrogen (secondary N) is 3. The maximum atomic E-state index is 12.5. The highest BCUT2D eigenvalue weighted by Crippen LogP contribution is 2.16. The average Bonchev–Trinajstić information content (AvgIpc) is 2.96. The number of carbonyl (C=O) groups is 2. The molecule has 2 rings (SSSR count). The smallest absolute Gasteiger partial charge is 0.342 e. The number of aromatic nitrogens is 4. The molecule has 0 spiro atoms. The van der Waals surface area contributed by atoms with Gasteiger partial charge in [0.25, 0.3) is 15.6 Å². The zero-order chi connectivity index (χ0) is 20.2. The van der Waals surface area contributed by atoms with Crippen molar-refractivity contribution >= 4 is 28.0 Å². The molecule has 27 heavy (non-hydrogen) atoms. The molecule has 2 aromatic heterocycles. The van der Waals surface area contributed by atoms with Gasteiger partial charge in [0.05, 0.1) is 26.0 Å². The normalized spacial score (nSPS) is 10.9. The van der Waals surface area contributed by atoms with E-state index in [1.807, 2.05) is 5.32 Å². The Balaban J connectivity index is 2.25. The summed E-state index contributed by atoms with van der Waals surface area (Å²) >= 11 is 0. The van der Waals surface area contributed by atoms with Crippen molar-refractivity contribution in [3.8, 4) is 5.88 Å². The molecule has 146 valence electrons. The molecule has 0 saturated carbocycles. The number of anilines is 1. The van der Waals surface area contributed by atoms with Crippen LogP contribution in [0.25, 0.3) is 0 Å². The van der Waals surface area contributed by atoms with Gasteiger partial charge in [0.1, 0.15) is 5.56 Å². The third kappa shape index (κ3) is 4.60. The number of aryl methyl sites for hydroxylation is 1. The molecule has 14 heteroatoms. The lowest BCUT2D eigenvalue weighted by Gasteiger charge is -2.10. The number of methoxy groups -OCH3 is 1. The highest BCUT2D eigenvalue weighted by Gasteiger charge is 2.30. The molecule has 0 radical (unpaired) electrons. The highest BCUT2D eigenvalue weighted by atomic mass is 32.2. The summed E-state index contributed by atoms with van der Waals surface area (Å²) in [4.78, 5) is 41.2. The molecule has 2 heterocycles. The van der Waals surface area contributed by atoms with Crippen LogP contribution in [0.3, 0.4) is 0 Å². The van der Waals surface area contributed by atoms with E-state index in [1.54, 1.807) is 11.6 Å². The van der Waals surface area contributed by atoms with Crippen LogP contribution in [-0.4, -0.2) is 53.9 Å². The highest BCUT2D eigenvalue weighted by molar-refractivity contribution is 7.90. The minimum atomic E-state index is -4.50. The van der Waals surface area contributed by atoms with Crippen molar-refractivity contribution in [3.63, 3.8) is 0 Å². The molecule has 0 bridgehead atoms. The van der Waals surface area contributed by atoms with E-state index in [0.29, 0.717) is 0 Å². The molecule has 2 amide bonds. The Labute approximate surface area is 152 Å². The molecule has 0 atom stereocenters. The van der Waals surface area contributed by atoms with Gasteiger partial charge in [0.2, 0.25) is 11.8 Å². The number of sulfonamides is 1. The second-order valence-electron chi connectivity index (χ2n) is 4.90. The number of nitrogens with zero attached hydrogens (tertiary/aromatic N) is 3. The maximum absolute atomic E-state index is 12.5. The van der Waals surface area contributed by atoms with Crippen LogP contribution in [-0.2, 0) is 21.8 Å². The average molecular weight is 400 g/mol. The van der Waals surface area contributed by atoms with Crippen molar-refractivity contribution in [1.29, 1.82) is 0 Å². The van der Waals surface area contributed by atoms with E-state index in [-0.39, 0.29) is 24.0 Å². The van der Waals surface area contributed by atoms with E-state index in [4.69, 9.17) is 9.47 Å². The summed E-state index contributed by atoms with van der Waals surface area (Å²) < 4.78 is 37.1. The third-order valence-electron chi connectivity index (χ3n) is 3.02. The van der Waals surface area contributed by atoms with Crippen molar-refractivity contribution in [2.24, 2.45) is 7.05 Å². The van der Waals surface area contributed by atoms with E-state index in [1.165, 1.54) is 14.2 Å². The molecule has 0 aliphatic carbocycles. The molecule has 0 saturated heterocycles. The standard InChI is InChI=1S/C13H16N6O7S/c1-4-26-11(21)7-6-14-19(2)10(7)27(23,24)18-13(22)17-12-15-8(20)5-9(16-12)25-3/h5-6H,4H2,1-3H3,(H3,15,16,17,18,20,22). The first-order valence-corrected chi connectivity index (χ1v) is 8.84. The van der Waals surface area contributed by atoms with Crippen LogP contribution in [0.4, 0.5) is 10.7 Å². The molecule has 0 unspecified atom stereocenters. The van der Waals surface area contributed by atoms with Crippen molar-refractivity contribution in [3.05, 3.63) is 28.2 Å². The Morgan fingerprint density at radius 1 is 1.37 bits per heavy atom. The molecule has 0 aromatic carbocycles.